The van der Waals surface area contributed by atoms with Crippen molar-refractivity contribution in [2.24, 2.45) is 0 Å². The molecule has 3 heteroatoms. The normalized spacial score (nSPS) is 30.8. The van der Waals surface area contributed by atoms with Crippen LogP contribution in [0.15, 0.2) is 36.5 Å². The second-order valence-corrected chi connectivity index (χ2v) is 5.57. The first-order valence-electron chi connectivity index (χ1n) is 7.64. The van der Waals surface area contributed by atoms with E-state index in [0.29, 0.717) is 12.5 Å². The number of rotatable bonds is 6. The third kappa shape index (κ3) is 5.61. The second-order valence-electron chi connectivity index (χ2n) is 5.57. The highest BCUT2D eigenvalue weighted by Crippen LogP contribution is 2.22. The zero-order valence-corrected chi connectivity index (χ0v) is 12.9. The van der Waals surface area contributed by atoms with Gasteiger partial charge in [-0.25, -0.2) is 0 Å². The van der Waals surface area contributed by atoms with Crippen LogP contribution >= 0.6 is 0 Å². The number of aliphatic hydroxyl groups is 2. The predicted octanol–water partition coefficient (Wildman–Crippen LogP) is 2.66. The summed E-state index contributed by atoms with van der Waals surface area (Å²) in [6.45, 7) is 4.14. The van der Waals surface area contributed by atoms with Gasteiger partial charge < -0.3 is 10.2 Å². The molecule has 1 heterocycles. The van der Waals surface area contributed by atoms with E-state index >= 15 is 0 Å². The Morgan fingerprint density at radius 3 is 2.70 bits per heavy atom. The van der Waals surface area contributed by atoms with Gasteiger partial charge in [0.25, 0.3) is 0 Å². The van der Waals surface area contributed by atoms with Crippen LogP contribution in [-0.2, 0) is 0 Å². The van der Waals surface area contributed by atoms with Crippen molar-refractivity contribution >= 4 is 0 Å². The molecule has 114 valence electrons. The van der Waals surface area contributed by atoms with Gasteiger partial charge in [0.1, 0.15) is 0 Å². The lowest BCUT2D eigenvalue weighted by Crippen LogP contribution is -2.48. The highest BCUT2D eigenvalue weighted by molar-refractivity contribution is 5.10. The van der Waals surface area contributed by atoms with Crippen molar-refractivity contribution in [2.75, 3.05) is 7.05 Å². The predicted molar refractivity (Wildman–Crippen MR) is 84.6 cm³/mol. The average Bonchev–Trinajstić information content (AvgIpc) is 2.43. The minimum Gasteiger partial charge on any atom is -0.392 e. The Bertz CT molecular complexity index is 349. The Hall–Kier alpha value is -0.900. The summed E-state index contributed by atoms with van der Waals surface area (Å²) < 4.78 is 0. The molecular formula is C17H29NO2. The summed E-state index contributed by atoms with van der Waals surface area (Å²) >= 11 is 0. The summed E-state index contributed by atoms with van der Waals surface area (Å²) in [6.07, 6.45) is 14.8. The van der Waals surface area contributed by atoms with E-state index < -0.39 is 6.10 Å². The van der Waals surface area contributed by atoms with Crippen molar-refractivity contribution in [2.45, 2.75) is 63.8 Å². The molecule has 3 nitrogen and oxygen atoms in total. The fourth-order valence-electron chi connectivity index (χ4n) is 2.46. The van der Waals surface area contributed by atoms with Crippen LogP contribution < -0.4 is 0 Å². The smallest absolute Gasteiger partial charge is 0.0758 e. The quantitative estimate of drug-likeness (QED) is 0.580. The van der Waals surface area contributed by atoms with Crippen LogP contribution in [0.3, 0.4) is 0 Å². The maximum absolute atomic E-state index is 9.79. The van der Waals surface area contributed by atoms with Gasteiger partial charge in [-0.2, -0.15) is 0 Å². The molecule has 1 fully saturated rings. The molecule has 0 bridgehead atoms. The molecule has 0 aliphatic carbocycles. The first-order chi connectivity index (χ1) is 9.56. The molecule has 2 N–H and O–H groups in total. The fraction of sp³-hybridized carbons (Fsp3) is 0.647. The molecule has 20 heavy (non-hydrogen) atoms. The lowest BCUT2D eigenvalue weighted by Gasteiger charge is -2.39. The van der Waals surface area contributed by atoms with Crippen LogP contribution in [0.4, 0.5) is 0 Å². The highest BCUT2D eigenvalue weighted by atomic mass is 16.3. The van der Waals surface area contributed by atoms with E-state index in [1.807, 2.05) is 24.3 Å². The highest BCUT2D eigenvalue weighted by Gasteiger charge is 2.28. The molecule has 0 aromatic rings. The number of hydrogen-bond acceptors (Lipinski definition) is 3. The third-order valence-corrected chi connectivity index (χ3v) is 4.04. The second kappa shape index (κ2) is 9.11. The zero-order valence-electron chi connectivity index (χ0n) is 12.9. The van der Waals surface area contributed by atoms with E-state index in [0.717, 1.165) is 19.3 Å². The summed E-state index contributed by atoms with van der Waals surface area (Å²) in [5.41, 5.74) is 0. The number of aliphatic hydroxyl groups excluding tert-OH is 2. The van der Waals surface area contributed by atoms with Gasteiger partial charge in [-0.15, -0.1) is 0 Å². The van der Waals surface area contributed by atoms with Crippen molar-refractivity contribution in [3.63, 3.8) is 0 Å². The van der Waals surface area contributed by atoms with Gasteiger partial charge in [0.05, 0.1) is 12.2 Å². The van der Waals surface area contributed by atoms with Crippen LogP contribution in [-0.4, -0.2) is 46.5 Å². The average molecular weight is 279 g/mol. The van der Waals surface area contributed by atoms with E-state index in [1.165, 1.54) is 0 Å². The molecule has 0 saturated carbocycles. The van der Waals surface area contributed by atoms with Crippen molar-refractivity contribution in [3.05, 3.63) is 36.5 Å². The molecule has 0 spiro atoms. The first-order valence-corrected chi connectivity index (χ1v) is 7.64. The van der Waals surface area contributed by atoms with Gasteiger partial charge in [-0.3, -0.25) is 4.90 Å². The summed E-state index contributed by atoms with van der Waals surface area (Å²) in [7, 11) is 2.05. The van der Waals surface area contributed by atoms with Crippen LogP contribution in [0, 0.1) is 0 Å². The lowest BCUT2D eigenvalue weighted by molar-refractivity contribution is 0.0153. The molecule has 0 aromatic carbocycles. The Kier molecular flexibility index (Phi) is 7.82. The molecule has 0 unspecified atom stereocenters. The van der Waals surface area contributed by atoms with Crippen LogP contribution in [0.5, 0.6) is 0 Å². The van der Waals surface area contributed by atoms with Gasteiger partial charge in [0.15, 0.2) is 0 Å². The Morgan fingerprint density at radius 1 is 1.25 bits per heavy atom. The summed E-state index contributed by atoms with van der Waals surface area (Å²) in [6, 6.07) is 0.572. The van der Waals surface area contributed by atoms with Gasteiger partial charge >= 0.3 is 0 Å². The van der Waals surface area contributed by atoms with E-state index in [9.17, 15) is 10.2 Å². The van der Waals surface area contributed by atoms with Gasteiger partial charge in [-0.1, -0.05) is 43.4 Å². The third-order valence-electron chi connectivity index (χ3n) is 4.04. The minimum absolute atomic E-state index is 0.201. The number of allylic oxidation sites excluding steroid dienone is 3. The molecule has 1 rings (SSSR count). The summed E-state index contributed by atoms with van der Waals surface area (Å²) in [4.78, 5) is 2.21. The molecule has 0 amide bonds. The number of likely N-dealkylation sites (N-methyl/N-ethyl adjacent to an activating group) is 1. The van der Waals surface area contributed by atoms with Crippen molar-refractivity contribution in [3.8, 4) is 0 Å². The molecule has 1 aliphatic heterocycles. The minimum atomic E-state index is -0.410. The van der Waals surface area contributed by atoms with Crippen LogP contribution in [0.2, 0.25) is 0 Å². The van der Waals surface area contributed by atoms with Crippen molar-refractivity contribution < 1.29 is 10.2 Å². The molecule has 1 saturated heterocycles. The van der Waals surface area contributed by atoms with Crippen molar-refractivity contribution in [1.29, 1.82) is 0 Å². The van der Waals surface area contributed by atoms with Crippen molar-refractivity contribution in [1.82, 2.24) is 4.90 Å². The standard InChI is InChI=1S/C17H29NO2/c1-4-5-6-10-16(19)11-8-7-9-15-12-13-17(20)14(2)18(15)3/h5-9,11,14-17,19-20H,4,10,12-13H2,1-3H3/b6-5+,9-7+,11-8+/t14-,15+,16+,17-/m0/s1. The summed E-state index contributed by atoms with van der Waals surface area (Å²) in [5.74, 6) is 0. The van der Waals surface area contributed by atoms with Gasteiger partial charge in [-0.05, 0) is 39.7 Å². The SMILES string of the molecule is CC/C=C/C[C@@H](O)/C=C/C=C/[C@@H]1CC[C@H](O)[C@H](C)N1C. The molecular weight excluding hydrogens is 250 g/mol. The molecule has 1 aliphatic rings. The van der Waals surface area contributed by atoms with Crippen LogP contribution in [0.25, 0.3) is 0 Å². The number of piperidine rings is 1. The Morgan fingerprint density at radius 2 is 2.00 bits per heavy atom. The maximum Gasteiger partial charge on any atom is 0.0758 e. The van der Waals surface area contributed by atoms with E-state index in [-0.39, 0.29) is 12.1 Å². The Labute approximate surface area is 123 Å². The van der Waals surface area contributed by atoms with E-state index in [1.54, 1.807) is 0 Å². The number of hydrogen-bond donors (Lipinski definition) is 2. The van der Waals surface area contributed by atoms with E-state index in [4.69, 9.17) is 0 Å². The number of likely N-dealkylation sites (tertiary alicyclic amines) is 1. The van der Waals surface area contributed by atoms with Crippen LogP contribution in [0.1, 0.15) is 39.5 Å². The lowest BCUT2D eigenvalue weighted by atomic mass is 9.94. The zero-order chi connectivity index (χ0) is 15.0. The number of nitrogens with zero attached hydrogens (tertiary/aromatic N) is 1. The molecule has 0 aromatic heterocycles. The first kappa shape index (κ1) is 17.2. The Balaban J connectivity index is 2.38. The monoisotopic (exact) mass is 279 g/mol. The molecule has 4 atom stereocenters. The largest absolute Gasteiger partial charge is 0.392 e. The summed E-state index contributed by atoms with van der Waals surface area (Å²) in [5, 5.41) is 19.5. The fourth-order valence-corrected chi connectivity index (χ4v) is 2.46. The van der Waals surface area contributed by atoms with E-state index in [2.05, 4.69) is 37.9 Å². The maximum atomic E-state index is 9.79. The van der Waals surface area contributed by atoms with Gasteiger partial charge in [0.2, 0.25) is 0 Å². The van der Waals surface area contributed by atoms with Gasteiger partial charge in [0, 0.05) is 12.1 Å². The topological polar surface area (TPSA) is 43.7 Å². The molecule has 0 radical (unpaired) electrons.